The third kappa shape index (κ3) is 4.44. The van der Waals surface area contributed by atoms with Crippen LogP contribution in [0.2, 0.25) is 0 Å². The summed E-state index contributed by atoms with van der Waals surface area (Å²) in [6, 6.07) is 17.8. The molecule has 0 aromatic heterocycles. The minimum Gasteiger partial charge on any atom is -0.496 e. The minimum absolute atomic E-state index is 0.157. The molecule has 3 aromatic carbocycles. The number of aryl methyl sites for hydroxylation is 2. The van der Waals surface area contributed by atoms with Gasteiger partial charge in [0.25, 0.3) is 5.91 Å². The summed E-state index contributed by atoms with van der Waals surface area (Å²) in [7, 11) is 1.65. The predicted octanol–water partition coefficient (Wildman–Crippen LogP) is 4.03. The molecule has 0 saturated carbocycles. The predicted molar refractivity (Wildman–Crippen MR) is 111 cm³/mol. The Morgan fingerprint density at radius 1 is 1.07 bits per heavy atom. The summed E-state index contributed by atoms with van der Waals surface area (Å²) in [6.45, 7) is 4.21. The standard InChI is InChI=1S/C22H23N3O2/c1-15-8-10-20(16(2)12-15)23-14-22(26)25-24-13-17-9-11-21(27-3)19-7-5-4-6-18(17)19/h4-13,23H,14H2,1-3H3,(H,25,26)/b24-13-. The number of hydrogen-bond donors (Lipinski definition) is 2. The van der Waals surface area contributed by atoms with E-state index in [1.165, 1.54) is 5.56 Å². The van der Waals surface area contributed by atoms with Crippen molar-refractivity contribution >= 4 is 28.6 Å². The molecule has 3 rings (SSSR count). The number of methoxy groups -OCH3 is 1. The molecule has 1 amide bonds. The largest absolute Gasteiger partial charge is 0.496 e. The summed E-state index contributed by atoms with van der Waals surface area (Å²) >= 11 is 0. The molecule has 0 radical (unpaired) electrons. The minimum atomic E-state index is -0.205. The summed E-state index contributed by atoms with van der Waals surface area (Å²) in [4.78, 5) is 12.0. The Morgan fingerprint density at radius 2 is 1.85 bits per heavy atom. The summed E-state index contributed by atoms with van der Waals surface area (Å²) < 4.78 is 5.39. The van der Waals surface area contributed by atoms with Crippen LogP contribution < -0.4 is 15.5 Å². The first-order chi connectivity index (χ1) is 13.1. The van der Waals surface area contributed by atoms with E-state index in [0.29, 0.717) is 0 Å². The number of nitrogens with zero attached hydrogens (tertiary/aromatic N) is 1. The quantitative estimate of drug-likeness (QED) is 0.515. The number of hydrazone groups is 1. The van der Waals surface area contributed by atoms with Gasteiger partial charge >= 0.3 is 0 Å². The number of carbonyl (C=O) groups is 1. The molecule has 5 nitrogen and oxygen atoms in total. The fourth-order valence-electron chi connectivity index (χ4n) is 2.99. The number of carbonyl (C=O) groups excluding carboxylic acids is 1. The molecular formula is C22H23N3O2. The number of nitrogens with one attached hydrogen (secondary N) is 2. The number of fused-ring (bicyclic) bond motifs is 1. The Balaban J connectivity index is 1.64. The van der Waals surface area contributed by atoms with Gasteiger partial charge in [-0.1, -0.05) is 42.0 Å². The Labute approximate surface area is 159 Å². The third-order valence-corrected chi connectivity index (χ3v) is 4.35. The third-order valence-electron chi connectivity index (χ3n) is 4.35. The lowest BCUT2D eigenvalue weighted by Crippen LogP contribution is -2.26. The first kappa shape index (κ1) is 18.5. The van der Waals surface area contributed by atoms with Gasteiger partial charge in [-0.2, -0.15) is 5.10 Å². The van der Waals surface area contributed by atoms with Crippen LogP contribution in [0.3, 0.4) is 0 Å². The Morgan fingerprint density at radius 3 is 2.59 bits per heavy atom. The van der Waals surface area contributed by atoms with Crippen LogP contribution in [0.15, 0.2) is 59.7 Å². The highest BCUT2D eigenvalue weighted by atomic mass is 16.5. The van der Waals surface area contributed by atoms with Gasteiger partial charge in [-0.25, -0.2) is 5.43 Å². The molecule has 3 aromatic rings. The Bertz CT molecular complexity index is 996. The van der Waals surface area contributed by atoms with Crippen molar-refractivity contribution in [1.82, 2.24) is 5.43 Å². The number of amides is 1. The highest BCUT2D eigenvalue weighted by Crippen LogP contribution is 2.27. The molecule has 27 heavy (non-hydrogen) atoms. The van der Waals surface area contributed by atoms with Crippen LogP contribution >= 0.6 is 0 Å². The van der Waals surface area contributed by atoms with Crippen LogP contribution in [-0.2, 0) is 4.79 Å². The summed E-state index contributed by atoms with van der Waals surface area (Å²) in [5.41, 5.74) is 6.72. The van der Waals surface area contributed by atoms with Gasteiger partial charge in [0.15, 0.2) is 0 Å². The van der Waals surface area contributed by atoms with Gasteiger partial charge in [0.2, 0.25) is 0 Å². The van der Waals surface area contributed by atoms with Crippen molar-refractivity contribution in [3.63, 3.8) is 0 Å². The summed E-state index contributed by atoms with van der Waals surface area (Å²) in [5.74, 6) is 0.605. The SMILES string of the molecule is COc1ccc(/C=N\NC(=O)CNc2ccc(C)cc2C)c2ccccc12. The number of anilines is 1. The van der Waals surface area contributed by atoms with E-state index < -0.39 is 0 Å². The molecule has 0 spiro atoms. The van der Waals surface area contributed by atoms with Crippen LogP contribution in [0.1, 0.15) is 16.7 Å². The van der Waals surface area contributed by atoms with Crippen LogP contribution in [0, 0.1) is 13.8 Å². The van der Waals surface area contributed by atoms with Crippen LogP contribution in [0.5, 0.6) is 5.75 Å². The molecule has 0 heterocycles. The topological polar surface area (TPSA) is 62.7 Å². The second-order valence-corrected chi connectivity index (χ2v) is 6.37. The van der Waals surface area contributed by atoms with E-state index in [-0.39, 0.29) is 12.5 Å². The average Bonchev–Trinajstić information content (AvgIpc) is 2.67. The first-order valence-corrected chi connectivity index (χ1v) is 8.77. The second kappa shape index (κ2) is 8.36. The van der Waals surface area contributed by atoms with E-state index >= 15 is 0 Å². The molecular weight excluding hydrogens is 338 g/mol. The first-order valence-electron chi connectivity index (χ1n) is 8.77. The van der Waals surface area contributed by atoms with Crippen LogP contribution in [0.25, 0.3) is 10.8 Å². The van der Waals surface area contributed by atoms with Crippen molar-refractivity contribution in [1.29, 1.82) is 0 Å². The van der Waals surface area contributed by atoms with Gasteiger partial charge in [-0.15, -0.1) is 0 Å². The van der Waals surface area contributed by atoms with Crippen molar-refractivity contribution in [3.8, 4) is 5.75 Å². The zero-order chi connectivity index (χ0) is 19.2. The van der Waals surface area contributed by atoms with E-state index in [9.17, 15) is 4.79 Å². The molecule has 0 atom stereocenters. The molecule has 0 bridgehead atoms. The highest BCUT2D eigenvalue weighted by Gasteiger charge is 2.05. The van der Waals surface area contributed by atoms with Gasteiger partial charge in [-0.05, 0) is 43.0 Å². The van der Waals surface area contributed by atoms with Gasteiger partial charge in [-0.3, -0.25) is 4.79 Å². The van der Waals surface area contributed by atoms with E-state index in [1.54, 1.807) is 13.3 Å². The Hall–Kier alpha value is -3.34. The number of benzene rings is 3. The van der Waals surface area contributed by atoms with E-state index in [4.69, 9.17) is 4.74 Å². The average molecular weight is 361 g/mol. The van der Waals surface area contributed by atoms with Crippen molar-refractivity contribution in [2.75, 3.05) is 19.0 Å². The highest BCUT2D eigenvalue weighted by molar-refractivity contribution is 6.02. The van der Waals surface area contributed by atoms with Crippen LogP contribution in [-0.4, -0.2) is 25.8 Å². The zero-order valence-corrected chi connectivity index (χ0v) is 15.7. The summed E-state index contributed by atoms with van der Waals surface area (Å²) in [5, 5.41) is 9.24. The number of rotatable bonds is 6. The lowest BCUT2D eigenvalue weighted by molar-refractivity contribution is -0.119. The molecule has 0 unspecified atom stereocenters. The fraction of sp³-hybridized carbons (Fsp3) is 0.182. The number of hydrogen-bond acceptors (Lipinski definition) is 4. The lowest BCUT2D eigenvalue weighted by atomic mass is 10.0. The second-order valence-electron chi connectivity index (χ2n) is 6.37. The monoisotopic (exact) mass is 361 g/mol. The molecule has 2 N–H and O–H groups in total. The van der Waals surface area contributed by atoms with Crippen molar-refractivity contribution in [2.45, 2.75) is 13.8 Å². The van der Waals surface area contributed by atoms with E-state index in [0.717, 1.165) is 33.3 Å². The molecule has 5 heteroatoms. The van der Waals surface area contributed by atoms with Crippen molar-refractivity contribution in [2.24, 2.45) is 5.10 Å². The molecule has 0 aliphatic rings. The fourth-order valence-corrected chi connectivity index (χ4v) is 2.99. The molecule has 0 saturated heterocycles. The lowest BCUT2D eigenvalue weighted by Gasteiger charge is -2.09. The van der Waals surface area contributed by atoms with Gasteiger partial charge < -0.3 is 10.1 Å². The maximum atomic E-state index is 12.0. The normalized spacial score (nSPS) is 10.9. The van der Waals surface area contributed by atoms with Gasteiger partial charge in [0.1, 0.15) is 5.75 Å². The van der Waals surface area contributed by atoms with Gasteiger partial charge in [0.05, 0.1) is 19.9 Å². The van der Waals surface area contributed by atoms with Crippen LogP contribution in [0.4, 0.5) is 5.69 Å². The van der Waals surface area contributed by atoms with E-state index in [1.807, 2.05) is 62.4 Å². The number of ether oxygens (including phenoxy) is 1. The van der Waals surface area contributed by atoms with Gasteiger partial charge in [0, 0.05) is 16.6 Å². The molecule has 0 fully saturated rings. The maximum Gasteiger partial charge on any atom is 0.259 e. The molecule has 138 valence electrons. The van der Waals surface area contributed by atoms with Crippen molar-refractivity contribution in [3.05, 3.63) is 71.3 Å². The summed E-state index contributed by atoms with van der Waals surface area (Å²) in [6.07, 6.45) is 1.65. The molecule has 0 aliphatic heterocycles. The smallest absolute Gasteiger partial charge is 0.259 e. The molecule has 0 aliphatic carbocycles. The zero-order valence-electron chi connectivity index (χ0n) is 15.7. The van der Waals surface area contributed by atoms with Crippen molar-refractivity contribution < 1.29 is 9.53 Å². The Kier molecular flexibility index (Phi) is 5.71. The maximum absolute atomic E-state index is 12.0. The van der Waals surface area contributed by atoms with E-state index in [2.05, 4.69) is 21.9 Å².